The molecule has 0 amide bonds. The largest absolute Gasteiger partial charge is 0.396 e. The van der Waals surface area contributed by atoms with Crippen LogP contribution in [0, 0.1) is 5.41 Å². The lowest BCUT2D eigenvalue weighted by Crippen LogP contribution is -2.44. The molecule has 96 valence electrons. The molecule has 0 aromatic heterocycles. The van der Waals surface area contributed by atoms with E-state index in [1.807, 2.05) is 0 Å². The van der Waals surface area contributed by atoms with Gasteiger partial charge in [0.2, 0.25) is 0 Å². The molecule has 1 rings (SSSR count). The van der Waals surface area contributed by atoms with Crippen molar-refractivity contribution in [2.45, 2.75) is 39.2 Å². The van der Waals surface area contributed by atoms with Crippen LogP contribution in [0.3, 0.4) is 0 Å². The minimum absolute atomic E-state index is 0.0238. The summed E-state index contributed by atoms with van der Waals surface area (Å²) in [5, 5.41) is 12.2. The molecule has 1 saturated heterocycles. The van der Waals surface area contributed by atoms with Crippen molar-refractivity contribution in [1.29, 1.82) is 0 Å². The van der Waals surface area contributed by atoms with Crippen LogP contribution >= 0.6 is 0 Å². The Morgan fingerprint density at radius 3 is 2.69 bits per heavy atom. The van der Waals surface area contributed by atoms with Crippen LogP contribution in [0.4, 0.5) is 0 Å². The van der Waals surface area contributed by atoms with E-state index >= 15 is 0 Å². The van der Waals surface area contributed by atoms with Crippen molar-refractivity contribution in [3.63, 3.8) is 0 Å². The zero-order chi connectivity index (χ0) is 12.2. The second-order valence-corrected chi connectivity index (χ2v) is 7.70. The maximum absolute atomic E-state index is 11.4. The molecule has 1 unspecified atom stereocenters. The number of rotatable bonds is 5. The van der Waals surface area contributed by atoms with Crippen LogP contribution in [0.5, 0.6) is 0 Å². The zero-order valence-electron chi connectivity index (χ0n) is 10.2. The highest BCUT2D eigenvalue weighted by Gasteiger charge is 2.26. The van der Waals surface area contributed by atoms with Gasteiger partial charge in [-0.2, -0.15) is 0 Å². The highest BCUT2D eigenvalue weighted by Crippen LogP contribution is 2.20. The number of sulfone groups is 1. The molecule has 0 spiro atoms. The minimum atomic E-state index is -2.82. The summed E-state index contributed by atoms with van der Waals surface area (Å²) in [7, 11) is -2.82. The SMILES string of the molecule is CC(C)(CCO)CNC1CCCS(=O)(=O)C1. The third-order valence-corrected chi connectivity index (χ3v) is 4.94. The number of hydrogen-bond donors (Lipinski definition) is 2. The lowest BCUT2D eigenvalue weighted by atomic mass is 9.89. The fraction of sp³-hybridized carbons (Fsp3) is 1.00. The third kappa shape index (κ3) is 4.80. The van der Waals surface area contributed by atoms with E-state index in [9.17, 15) is 8.42 Å². The zero-order valence-corrected chi connectivity index (χ0v) is 11.0. The molecule has 4 nitrogen and oxygen atoms in total. The van der Waals surface area contributed by atoms with Gasteiger partial charge in [0.1, 0.15) is 0 Å². The van der Waals surface area contributed by atoms with Crippen molar-refractivity contribution in [2.24, 2.45) is 5.41 Å². The summed E-state index contributed by atoms with van der Waals surface area (Å²) >= 11 is 0. The van der Waals surface area contributed by atoms with Gasteiger partial charge < -0.3 is 10.4 Å². The lowest BCUT2D eigenvalue weighted by molar-refractivity contribution is 0.202. The molecule has 0 bridgehead atoms. The highest BCUT2D eigenvalue weighted by molar-refractivity contribution is 7.91. The van der Waals surface area contributed by atoms with Gasteiger partial charge in [-0.3, -0.25) is 0 Å². The Kier molecular flexibility index (Phi) is 4.76. The average Bonchev–Trinajstić information content (AvgIpc) is 2.13. The second kappa shape index (κ2) is 5.47. The number of aliphatic hydroxyl groups excluding tert-OH is 1. The first kappa shape index (κ1) is 13.9. The third-order valence-electron chi connectivity index (χ3n) is 3.12. The number of nitrogens with one attached hydrogen (secondary N) is 1. The van der Waals surface area contributed by atoms with Crippen LogP contribution < -0.4 is 5.32 Å². The average molecular weight is 249 g/mol. The van der Waals surface area contributed by atoms with Crippen molar-refractivity contribution in [3.8, 4) is 0 Å². The molecule has 0 saturated carbocycles. The molecular weight excluding hydrogens is 226 g/mol. The first-order valence-corrected chi connectivity index (χ1v) is 7.71. The van der Waals surface area contributed by atoms with Crippen LogP contribution in [0.2, 0.25) is 0 Å². The number of hydrogen-bond acceptors (Lipinski definition) is 4. The van der Waals surface area contributed by atoms with Gasteiger partial charge in [0.25, 0.3) is 0 Å². The minimum Gasteiger partial charge on any atom is -0.396 e. The van der Waals surface area contributed by atoms with E-state index in [0.717, 1.165) is 25.8 Å². The molecule has 16 heavy (non-hydrogen) atoms. The Bertz CT molecular complexity index is 311. The normalized spacial score (nSPS) is 25.6. The predicted molar refractivity (Wildman–Crippen MR) is 65.2 cm³/mol. The van der Waals surface area contributed by atoms with E-state index in [0.29, 0.717) is 5.75 Å². The number of aliphatic hydroxyl groups is 1. The topological polar surface area (TPSA) is 66.4 Å². The van der Waals surface area contributed by atoms with E-state index in [4.69, 9.17) is 5.11 Å². The van der Waals surface area contributed by atoms with E-state index in [2.05, 4.69) is 19.2 Å². The van der Waals surface area contributed by atoms with Gasteiger partial charge in [0.05, 0.1) is 11.5 Å². The van der Waals surface area contributed by atoms with Gasteiger partial charge in [0.15, 0.2) is 9.84 Å². The Balaban J connectivity index is 2.38. The van der Waals surface area contributed by atoms with E-state index < -0.39 is 9.84 Å². The van der Waals surface area contributed by atoms with Gasteiger partial charge in [-0.05, 0) is 24.7 Å². The summed E-state index contributed by atoms with van der Waals surface area (Å²) in [6.07, 6.45) is 2.44. The maximum Gasteiger partial charge on any atom is 0.151 e. The molecule has 5 heteroatoms. The molecular formula is C11H23NO3S. The van der Waals surface area contributed by atoms with E-state index in [1.54, 1.807) is 0 Å². The smallest absolute Gasteiger partial charge is 0.151 e. The first-order valence-electron chi connectivity index (χ1n) is 5.89. The second-order valence-electron chi connectivity index (χ2n) is 5.47. The van der Waals surface area contributed by atoms with Gasteiger partial charge in [0, 0.05) is 19.2 Å². The Morgan fingerprint density at radius 2 is 2.12 bits per heavy atom. The standard InChI is InChI=1S/C11H23NO3S/c1-11(2,5-6-13)9-12-10-4-3-7-16(14,15)8-10/h10,12-13H,3-9H2,1-2H3. The molecule has 1 atom stereocenters. The van der Waals surface area contributed by atoms with Gasteiger partial charge in [-0.25, -0.2) is 8.42 Å². The predicted octanol–water partition coefficient (Wildman–Crippen LogP) is 0.562. The van der Waals surface area contributed by atoms with Crippen molar-refractivity contribution in [1.82, 2.24) is 5.32 Å². The molecule has 2 N–H and O–H groups in total. The first-order chi connectivity index (χ1) is 7.35. The molecule has 0 aliphatic carbocycles. The Morgan fingerprint density at radius 1 is 1.44 bits per heavy atom. The summed E-state index contributed by atoms with van der Waals surface area (Å²) < 4.78 is 22.9. The van der Waals surface area contributed by atoms with Crippen molar-refractivity contribution < 1.29 is 13.5 Å². The quantitative estimate of drug-likeness (QED) is 0.747. The van der Waals surface area contributed by atoms with Crippen LogP contribution in [0.1, 0.15) is 33.1 Å². The molecule has 1 aliphatic rings. The summed E-state index contributed by atoms with van der Waals surface area (Å²) in [4.78, 5) is 0. The monoisotopic (exact) mass is 249 g/mol. The maximum atomic E-state index is 11.4. The van der Waals surface area contributed by atoms with Gasteiger partial charge in [-0.1, -0.05) is 13.8 Å². The van der Waals surface area contributed by atoms with Crippen LogP contribution in [-0.4, -0.2) is 44.2 Å². The van der Waals surface area contributed by atoms with Crippen molar-refractivity contribution in [2.75, 3.05) is 24.7 Å². The summed E-state index contributed by atoms with van der Waals surface area (Å²) in [6.45, 7) is 5.09. The Labute approximate surface area is 98.4 Å². The van der Waals surface area contributed by atoms with Crippen LogP contribution in [0.25, 0.3) is 0 Å². The van der Waals surface area contributed by atoms with E-state index in [-0.39, 0.29) is 23.8 Å². The van der Waals surface area contributed by atoms with Crippen molar-refractivity contribution in [3.05, 3.63) is 0 Å². The van der Waals surface area contributed by atoms with Gasteiger partial charge >= 0.3 is 0 Å². The highest BCUT2D eigenvalue weighted by atomic mass is 32.2. The van der Waals surface area contributed by atoms with E-state index in [1.165, 1.54) is 0 Å². The van der Waals surface area contributed by atoms with Crippen LogP contribution in [0.15, 0.2) is 0 Å². The molecule has 0 aromatic carbocycles. The summed E-state index contributed by atoms with van der Waals surface area (Å²) in [5.74, 6) is 0.605. The summed E-state index contributed by atoms with van der Waals surface area (Å²) in [5.41, 5.74) is 0.0238. The molecule has 1 fully saturated rings. The molecule has 0 radical (unpaired) electrons. The Hall–Kier alpha value is -0.130. The van der Waals surface area contributed by atoms with Crippen molar-refractivity contribution >= 4 is 9.84 Å². The molecule has 1 heterocycles. The fourth-order valence-corrected chi connectivity index (χ4v) is 3.67. The molecule has 0 aromatic rings. The molecule has 1 aliphatic heterocycles. The summed E-state index contributed by atoms with van der Waals surface area (Å²) in [6, 6.07) is 0.0942. The lowest BCUT2D eigenvalue weighted by Gasteiger charge is -2.29. The van der Waals surface area contributed by atoms with Gasteiger partial charge in [-0.15, -0.1) is 0 Å². The van der Waals surface area contributed by atoms with Crippen LogP contribution in [-0.2, 0) is 9.84 Å². The fourth-order valence-electron chi connectivity index (χ4n) is 2.00.